The lowest BCUT2D eigenvalue weighted by Gasteiger charge is -2.38. The topological polar surface area (TPSA) is 52.9 Å². The third-order valence-electron chi connectivity index (χ3n) is 4.30. The summed E-state index contributed by atoms with van der Waals surface area (Å²) in [6.45, 7) is 0. The summed E-state index contributed by atoms with van der Waals surface area (Å²) in [6, 6.07) is 6.00. The van der Waals surface area contributed by atoms with Crippen molar-refractivity contribution in [2.45, 2.75) is 37.6 Å². The summed E-state index contributed by atoms with van der Waals surface area (Å²) in [4.78, 5) is 12.5. The third kappa shape index (κ3) is 2.57. The van der Waals surface area contributed by atoms with E-state index in [0.717, 1.165) is 0 Å². The minimum Gasteiger partial charge on any atom is -0.362 e. The van der Waals surface area contributed by atoms with Gasteiger partial charge in [0.25, 0.3) is 11.6 Å². The molecule has 8 heteroatoms. The summed E-state index contributed by atoms with van der Waals surface area (Å²) >= 11 is 3.18. The van der Waals surface area contributed by atoms with Crippen LogP contribution >= 0.6 is 15.9 Å². The number of rotatable bonds is 1. The van der Waals surface area contributed by atoms with Crippen LogP contribution in [0.1, 0.15) is 36.0 Å². The zero-order valence-corrected chi connectivity index (χ0v) is 13.6. The van der Waals surface area contributed by atoms with Gasteiger partial charge < -0.3 is 5.11 Å². The highest BCUT2D eigenvalue weighted by atomic mass is 79.9. The van der Waals surface area contributed by atoms with Crippen LogP contribution < -0.4 is 0 Å². The van der Waals surface area contributed by atoms with Crippen molar-refractivity contribution in [3.63, 3.8) is 0 Å². The molecule has 2 atom stereocenters. The molecule has 1 aliphatic heterocycles. The Kier molecular flexibility index (Phi) is 4.00. The van der Waals surface area contributed by atoms with Crippen molar-refractivity contribution in [3.05, 3.63) is 34.3 Å². The van der Waals surface area contributed by atoms with Gasteiger partial charge in [0.1, 0.15) is 0 Å². The Hall–Kier alpha value is -1.41. The van der Waals surface area contributed by atoms with Crippen LogP contribution in [0.5, 0.6) is 0 Å². The van der Waals surface area contributed by atoms with Crippen molar-refractivity contribution < 1.29 is 23.1 Å². The maximum atomic E-state index is 13.6. The molecule has 1 saturated carbocycles. The van der Waals surface area contributed by atoms with Gasteiger partial charge in [-0.05, 0) is 37.5 Å². The van der Waals surface area contributed by atoms with Crippen LogP contribution in [0.15, 0.2) is 33.8 Å². The fraction of sp³-hybridized carbons (Fsp3) is 0.467. The van der Waals surface area contributed by atoms with E-state index in [-0.39, 0.29) is 22.7 Å². The second-order valence-corrected chi connectivity index (χ2v) is 6.66. The molecular weight excluding hydrogens is 377 g/mol. The lowest BCUT2D eigenvalue weighted by Crippen LogP contribution is -2.61. The van der Waals surface area contributed by atoms with E-state index in [9.17, 15) is 23.1 Å². The van der Waals surface area contributed by atoms with Gasteiger partial charge >= 0.3 is 6.18 Å². The van der Waals surface area contributed by atoms with Crippen LogP contribution in [0.2, 0.25) is 0 Å². The molecule has 0 saturated heterocycles. The zero-order chi connectivity index (χ0) is 16.8. The first-order valence-electron chi connectivity index (χ1n) is 7.21. The van der Waals surface area contributed by atoms with E-state index in [1.807, 2.05) is 0 Å². The van der Waals surface area contributed by atoms with Gasteiger partial charge in [0.05, 0.1) is 5.92 Å². The Morgan fingerprint density at radius 3 is 2.78 bits per heavy atom. The molecule has 1 fully saturated rings. The molecular formula is C15H14BrF3N2O2. The van der Waals surface area contributed by atoms with Crippen molar-refractivity contribution >= 4 is 27.5 Å². The Balaban J connectivity index is 2.05. The van der Waals surface area contributed by atoms with Crippen LogP contribution in [-0.2, 0) is 0 Å². The molecule has 0 bridgehead atoms. The van der Waals surface area contributed by atoms with Gasteiger partial charge in [-0.25, -0.2) is 0 Å². The highest BCUT2D eigenvalue weighted by Gasteiger charge is 2.68. The predicted octanol–water partition coefficient (Wildman–Crippen LogP) is 3.70. The number of hydrogen-bond donors (Lipinski definition) is 1. The molecule has 1 aromatic rings. The molecule has 0 unspecified atom stereocenters. The molecule has 1 aliphatic carbocycles. The van der Waals surface area contributed by atoms with E-state index in [4.69, 9.17) is 0 Å². The number of aliphatic hydroxyl groups is 1. The Labute approximate surface area is 139 Å². The number of benzene rings is 1. The molecule has 0 aromatic heterocycles. The molecule has 4 nitrogen and oxygen atoms in total. The quantitative estimate of drug-likeness (QED) is 0.794. The van der Waals surface area contributed by atoms with Crippen LogP contribution in [0.25, 0.3) is 0 Å². The van der Waals surface area contributed by atoms with Crippen LogP contribution in [0.3, 0.4) is 0 Å². The number of hydrazone groups is 1. The minimum atomic E-state index is -4.98. The fourth-order valence-corrected chi connectivity index (χ4v) is 3.56. The van der Waals surface area contributed by atoms with E-state index >= 15 is 0 Å². The number of alkyl halides is 3. The molecule has 2 aliphatic rings. The number of hydrogen-bond acceptors (Lipinski definition) is 3. The second kappa shape index (κ2) is 5.59. The van der Waals surface area contributed by atoms with Crippen LogP contribution in [0, 0.1) is 5.92 Å². The molecule has 0 spiro atoms. The minimum absolute atomic E-state index is 0.0325. The number of fused-ring (bicyclic) bond motifs is 1. The van der Waals surface area contributed by atoms with Gasteiger partial charge in [0, 0.05) is 15.7 Å². The Morgan fingerprint density at radius 1 is 1.39 bits per heavy atom. The summed E-state index contributed by atoms with van der Waals surface area (Å²) < 4.78 is 41.3. The average Bonchev–Trinajstić information content (AvgIpc) is 2.81. The molecule has 1 aromatic carbocycles. The highest BCUT2D eigenvalue weighted by molar-refractivity contribution is 9.10. The number of nitrogens with zero attached hydrogens (tertiary/aromatic N) is 2. The number of carbonyl (C=O) groups excluding carboxylic acids is 1. The van der Waals surface area contributed by atoms with Gasteiger partial charge in [0.15, 0.2) is 0 Å². The molecule has 1 amide bonds. The predicted molar refractivity (Wildman–Crippen MR) is 80.7 cm³/mol. The maximum absolute atomic E-state index is 13.6. The SMILES string of the molecule is O=C(c1cccc(Br)c1)N1N=C2CCCC[C@H]2[C@]1(O)C(F)(F)F. The summed E-state index contributed by atoms with van der Waals surface area (Å²) in [7, 11) is 0. The number of halogens is 4. The third-order valence-corrected chi connectivity index (χ3v) is 4.79. The van der Waals surface area contributed by atoms with Crippen molar-refractivity contribution in [1.82, 2.24) is 5.01 Å². The smallest absolute Gasteiger partial charge is 0.362 e. The van der Waals surface area contributed by atoms with Gasteiger partial charge in [-0.3, -0.25) is 4.79 Å². The molecule has 3 rings (SSSR count). The van der Waals surface area contributed by atoms with E-state index in [1.54, 1.807) is 12.1 Å². The summed E-state index contributed by atoms with van der Waals surface area (Å²) in [6.07, 6.45) is -3.17. The van der Waals surface area contributed by atoms with Crippen LogP contribution in [-0.4, -0.2) is 33.6 Å². The molecule has 0 radical (unpaired) electrons. The molecule has 23 heavy (non-hydrogen) atoms. The van der Waals surface area contributed by atoms with E-state index in [1.165, 1.54) is 12.1 Å². The van der Waals surface area contributed by atoms with Gasteiger partial charge in [-0.1, -0.05) is 28.4 Å². The first-order valence-corrected chi connectivity index (χ1v) is 8.01. The van der Waals surface area contributed by atoms with Crippen molar-refractivity contribution in [2.24, 2.45) is 11.0 Å². The van der Waals surface area contributed by atoms with Crippen LogP contribution in [0.4, 0.5) is 13.2 Å². The van der Waals surface area contributed by atoms with Crippen molar-refractivity contribution in [1.29, 1.82) is 0 Å². The normalized spacial score (nSPS) is 27.6. The highest BCUT2D eigenvalue weighted by Crippen LogP contribution is 2.48. The standard InChI is InChI=1S/C15H14BrF3N2O2/c16-10-5-3-4-9(8-10)13(22)21-14(23,15(17,18)19)11-6-1-2-7-12(11)20-21/h3-5,8,11,23H,1-2,6-7H2/t11-,14+/m1/s1. The van der Waals surface area contributed by atoms with Gasteiger partial charge in [-0.15, -0.1) is 0 Å². The summed E-state index contributed by atoms with van der Waals surface area (Å²) in [5.74, 6) is -2.15. The van der Waals surface area contributed by atoms with E-state index < -0.39 is 23.7 Å². The average molecular weight is 391 g/mol. The monoisotopic (exact) mass is 390 g/mol. The maximum Gasteiger partial charge on any atom is 0.439 e. The molecule has 1 heterocycles. The summed E-state index contributed by atoms with van der Waals surface area (Å²) in [5.41, 5.74) is -2.99. The zero-order valence-electron chi connectivity index (χ0n) is 12.0. The Bertz CT molecular complexity index is 677. The van der Waals surface area contributed by atoms with Gasteiger partial charge in [0.2, 0.25) is 0 Å². The molecule has 124 valence electrons. The van der Waals surface area contributed by atoms with E-state index in [0.29, 0.717) is 23.7 Å². The van der Waals surface area contributed by atoms with Crippen molar-refractivity contribution in [2.75, 3.05) is 0 Å². The summed E-state index contributed by atoms with van der Waals surface area (Å²) in [5, 5.41) is 14.5. The lowest BCUT2D eigenvalue weighted by molar-refractivity contribution is -0.312. The fourth-order valence-electron chi connectivity index (χ4n) is 3.16. The lowest BCUT2D eigenvalue weighted by atomic mass is 9.80. The van der Waals surface area contributed by atoms with Crippen molar-refractivity contribution in [3.8, 4) is 0 Å². The second-order valence-electron chi connectivity index (χ2n) is 5.74. The number of amides is 1. The number of carbonyl (C=O) groups is 1. The molecule has 1 N–H and O–H groups in total. The van der Waals surface area contributed by atoms with Gasteiger partial charge in [-0.2, -0.15) is 23.3 Å². The first-order chi connectivity index (χ1) is 10.7. The first kappa shape index (κ1) is 16.4. The van der Waals surface area contributed by atoms with E-state index in [2.05, 4.69) is 21.0 Å². The largest absolute Gasteiger partial charge is 0.439 e. The Morgan fingerprint density at radius 2 is 2.13 bits per heavy atom.